The normalized spacial score (nSPS) is 13.6. The molecular formula is C22H22FN3O3. The first-order valence-electron chi connectivity index (χ1n) is 9.23. The first kappa shape index (κ1) is 20.2. The van der Waals surface area contributed by atoms with Crippen molar-refractivity contribution in [3.63, 3.8) is 0 Å². The average Bonchev–Trinajstić information content (AvgIpc) is 2.77. The van der Waals surface area contributed by atoms with Crippen molar-refractivity contribution in [1.29, 1.82) is 5.26 Å². The molecule has 3 rings (SSSR count). The Labute approximate surface area is 169 Å². The molecule has 0 aromatic heterocycles. The highest BCUT2D eigenvalue weighted by Crippen LogP contribution is 2.29. The molecule has 0 N–H and O–H groups in total. The van der Waals surface area contributed by atoms with Crippen LogP contribution in [0, 0.1) is 17.1 Å². The van der Waals surface area contributed by atoms with Crippen LogP contribution in [0.1, 0.15) is 15.9 Å². The van der Waals surface area contributed by atoms with Crippen molar-refractivity contribution < 1.29 is 18.7 Å². The van der Waals surface area contributed by atoms with Crippen LogP contribution in [-0.2, 0) is 0 Å². The highest BCUT2D eigenvalue weighted by Gasteiger charge is 2.25. The van der Waals surface area contributed by atoms with Crippen LogP contribution in [0.2, 0.25) is 0 Å². The van der Waals surface area contributed by atoms with E-state index in [1.165, 1.54) is 13.2 Å². The van der Waals surface area contributed by atoms with Gasteiger partial charge in [0, 0.05) is 31.7 Å². The fraction of sp³-hybridized carbons (Fsp3) is 0.273. The first-order valence-corrected chi connectivity index (χ1v) is 9.23. The Morgan fingerprint density at radius 1 is 1.24 bits per heavy atom. The smallest absolute Gasteiger partial charge is 0.254 e. The van der Waals surface area contributed by atoms with Crippen molar-refractivity contribution in [2.24, 2.45) is 0 Å². The first-order chi connectivity index (χ1) is 14.1. The largest absolute Gasteiger partial charge is 0.493 e. The van der Waals surface area contributed by atoms with Gasteiger partial charge in [-0.1, -0.05) is 18.7 Å². The highest BCUT2D eigenvalue weighted by molar-refractivity contribution is 5.95. The van der Waals surface area contributed by atoms with Crippen LogP contribution in [0.5, 0.6) is 11.5 Å². The number of hydrogen-bond acceptors (Lipinski definition) is 5. The molecule has 0 unspecified atom stereocenters. The van der Waals surface area contributed by atoms with Crippen LogP contribution in [-0.4, -0.2) is 50.7 Å². The lowest BCUT2D eigenvalue weighted by Crippen LogP contribution is -2.49. The molecule has 1 aliphatic heterocycles. The van der Waals surface area contributed by atoms with Gasteiger partial charge < -0.3 is 19.3 Å². The number of hydrogen-bond donors (Lipinski definition) is 0. The summed E-state index contributed by atoms with van der Waals surface area (Å²) in [6.07, 6.45) is 1.63. The van der Waals surface area contributed by atoms with E-state index in [9.17, 15) is 14.4 Å². The molecule has 1 saturated heterocycles. The minimum Gasteiger partial charge on any atom is -0.493 e. The minimum absolute atomic E-state index is 0.0344. The Bertz CT molecular complexity index is 947. The number of halogens is 1. The van der Waals surface area contributed by atoms with E-state index < -0.39 is 5.82 Å². The Balaban J connectivity index is 1.70. The number of anilines is 1. The van der Waals surface area contributed by atoms with E-state index >= 15 is 0 Å². The van der Waals surface area contributed by atoms with Crippen molar-refractivity contribution in [2.75, 3.05) is 44.8 Å². The second-order valence-corrected chi connectivity index (χ2v) is 6.49. The second kappa shape index (κ2) is 9.11. The molecule has 1 amide bonds. The molecule has 0 atom stereocenters. The lowest BCUT2D eigenvalue weighted by molar-refractivity contribution is 0.0746. The molecule has 1 fully saturated rings. The molecule has 0 aliphatic carbocycles. The van der Waals surface area contributed by atoms with E-state index in [1.807, 2.05) is 11.0 Å². The topological polar surface area (TPSA) is 65.8 Å². The molecule has 29 heavy (non-hydrogen) atoms. The third kappa shape index (κ3) is 4.32. The van der Waals surface area contributed by atoms with Gasteiger partial charge in [0.25, 0.3) is 5.91 Å². The molecule has 0 saturated carbocycles. The molecule has 0 spiro atoms. The third-order valence-corrected chi connectivity index (χ3v) is 4.78. The van der Waals surface area contributed by atoms with E-state index in [4.69, 9.17) is 9.47 Å². The SMILES string of the molecule is C=CCOc1ccc(C(=O)N2CCN(c3cccc(F)c3C#N)CC2)cc1OC. The van der Waals surface area contributed by atoms with E-state index in [0.29, 0.717) is 55.5 Å². The minimum atomic E-state index is -0.533. The van der Waals surface area contributed by atoms with Crippen molar-refractivity contribution in [3.05, 3.63) is 66.0 Å². The Morgan fingerprint density at radius 2 is 2.00 bits per heavy atom. The number of nitrogens with zero attached hydrogens (tertiary/aromatic N) is 3. The summed E-state index contributed by atoms with van der Waals surface area (Å²) in [5, 5.41) is 9.24. The average molecular weight is 395 g/mol. The summed E-state index contributed by atoms with van der Waals surface area (Å²) in [4.78, 5) is 16.6. The van der Waals surface area contributed by atoms with Crippen molar-refractivity contribution in [1.82, 2.24) is 4.90 Å². The monoisotopic (exact) mass is 395 g/mol. The molecule has 6 nitrogen and oxygen atoms in total. The fourth-order valence-corrected chi connectivity index (χ4v) is 3.29. The van der Waals surface area contributed by atoms with Crippen LogP contribution in [0.4, 0.5) is 10.1 Å². The van der Waals surface area contributed by atoms with Crippen molar-refractivity contribution >= 4 is 11.6 Å². The van der Waals surface area contributed by atoms with Gasteiger partial charge in [-0.15, -0.1) is 0 Å². The predicted molar refractivity (Wildman–Crippen MR) is 108 cm³/mol. The molecule has 0 bridgehead atoms. The summed E-state index contributed by atoms with van der Waals surface area (Å²) >= 11 is 0. The molecule has 150 valence electrons. The van der Waals surface area contributed by atoms with E-state index in [-0.39, 0.29) is 11.5 Å². The number of carbonyl (C=O) groups excluding carboxylic acids is 1. The van der Waals surface area contributed by atoms with Crippen LogP contribution < -0.4 is 14.4 Å². The second-order valence-electron chi connectivity index (χ2n) is 6.49. The van der Waals surface area contributed by atoms with Crippen LogP contribution >= 0.6 is 0 Å². The van der Waals surface area contributed by atoms with Crippen molar-refractivity contribution in [2.45, 2.75) is 0 Å². The summed E-state index contributed by atoms with van der Waals surface area (Å²) in [5.41, 5.74) is 1.10. The summed E-state index contributed by atoms with van der Waals surface area (Å²) < 4.78 is 24.7. The van der Waals surface area contributed by atoms with Gasteiger partial charge in [0.1, 0.15) is 24.1 Å². The zero-order valence-corrected chi connectivity index (χ0v) is 16.2. The Morgan fingerprint density at radius 3 is 2.66 bits per heavy atom. The molecule has 7 heteroatoms. The standard InChI is InChI=1S/C22H22FN3O3/c1-3-13-29-20-8-7-16(14-21(20)28-2)22(27)26-11-9-25(10-12-26)19-6-4-5-18(23)17(19)15-24/h3-8,14H,1,9-13H2,2H3. The Kier molecular flexibility index (Phi) is 6.35. The van der Waals surface area contributed by atoms with Gasteiger partial charge in [0.05, 0.1) is 12.8 Å². The number of amides is 1. The zero-order valence-electron chi connectivity index (χ0n) is 16.2. The third-order valence-electron chi connectivity index (χ3n) is 4.78. The lowest BCUT2D eigenvalue weighted by atomic mass is 10.1. The molecule has 0 radical (unpaired) electrons. The van der Waals surface area contributed by atoms with Gasteiger partial charge in [-0.25, -0.2) is 4.39 Å². The van der Waals surface area contributed by atoms with Gasteiger partial charge in [-0.3, -0.25) is 4.79 Å². The van der Waals surface area contributed by atoms with Crippen LogP contribution in [0.3, 0.4) is 0 Å². The molecule has 2 aromatic carbocycles. The molecular weight excluding hydrogens is 373 g/mol. The molecule has 1 heterocycles. The fourth-order valence-electron chi connectivity index (χ4n) is 3.29. The van der Waals surface area contributed by atoms with Gasteiger partial charge in [-0.05, 0) is 30.3 Å². The number of nitriles is 1. The predicted octanol–water partition coefficient (Wildman–Crippen LogP) is 3.23. The summed E-state index contributed by atoms with van der Waals surface area (Å²) in [7, 11) is 1.52. The number of methoxy groups -OCH3 is 1. The summed E-state index contributed by atoms with van der Waals surface area (Å²) in [6, 6.07) is 11.6. The number of carbonyl (C=O) groups is 1. The van der Waals surface area contributed by atoms with E-state index in [1.54, 1.807) is 41.3 Å². The lowest BCUT2D eigenvalue weighted by Gasteiger charge is -2.36. The summed E-state index contributed by atoms with van der Waals surface area (Å²) in [6.45, 7) is 5.93. The highest BCUT2D eigenvalue weighted by atomic mass is 19.1. The molecule has 1 aliphatic rings. The number of piperazine rings is 1. The van der Waals surface area contributed by atoms with Gasteiger partial charge in [0.2, 0.25) is 0 Å². The maximum absolute atomic E-state index is 13.9. The Hall–Kier alpha value is -3.53. The maximum Gasteiger partial charge on any atom is 0.254 e. The zero-order chi connectivity index (χ0) is 20.8. The van der Waals surface area contributed by atoms with Crippen LogP contribution in [0.25, 0.3) is 0 Å². The quantitative estimate of drug-likeness (QED) is 0.703. The number of benzene rings is 2. The number of rotatable bonds is 6. The van der Waals surface area contributed by atoms with Crippen LogP contribution in [0.15, 0.2) is 49.1 Å². The van der Waals surface area contributed by atoms with E-state index in [2.05, 4.69) is 6.58 Å². The van der Waals surface area contributed by atoms with Crippen molar-refractivity contribution in [3.8, 4) is 17.6 Å². The van der Waals surface area contributed by atoms with Gasteiger partial charge >= 0.3 is 0 Å². The molecule has 2 aromatic rings. The number of ether oxygens (including phenoxy) is 2. The maximum atomic E-state index is 13.9. The van der Waals surface area contributed by atoms with Gasteiger partial charge in [-0.2, -0.15) is 5.26 Å². The van der Waals surface area contributed by atoms with Gasteiger partial charge in [0.15, 0.2) is 11.5 Å². The summed E-state index contributed by atoms with van der Waals surface area (Å²) in [5.74, 6) is 0.381. The van der Waals surface area contributed by atoms with E-state index in [0.717, 1.165) is 0 Å².